The van der Waals surface area contributed by atoms with Gasteiger partial charge in [0.25, 0.3) is 0 Å². The summed E-state index contributed by atoms with van der Waals surface area (Å²) in [5, 5.41) is 17.2. The molecule has 1 aromatic carbocycles. The largest absolute Gasteiger partial charge is 0.504 e. The Bertz CT molecular complexity index is 715. The lowest BCUT2D eigenvalue weighted by atomic mass is 9.53. The van der Waals surface area contributed by atoms with Gasteiger partial charge in [0.05, 0.1) is 16.9 Å². The highest BCUT2D eigenvalue weighted by Crippen LogP contribution is 2.55. The number of ether oxygens (including phenoxy) is 1. The van der Waals surface area contributed by atoms with Crippen LogP contribution in [0.25, 0.3) is 0 Å². The van der Waals surface area contributed by atoms with Crippen LogP contribution in [-0.2, 0) is 0 Å². The van der Waals surface area contributed by atoms with Crippen molar-refractivity contribution in [1.82, 2.24) is 10.7 Å². The molecule has 140 valence electrons. The lowest BCUT2D eigenvalue weighted by Crippen LogP contribution is -2.61. The lowest BCUT2D eigenvalue weighted by molar-refractivity contribution is -0.0135. The Kier molecular flexibility index (Phi) is 4.75. The summed E-state index contributed by atoms with van der Waals surface area (Å²) in [5.74, 6) is 2.86. The molecule has 4 bridgehead atoms. The molecule has 26 heavy (non-hydrogen) atoms. The Labute approximate surface area is 166 Å². The van der Waals surface area contributed by atoms with Crippen LogP contribution in [0.3, 0.4) is 0 Å². The van der Waals surface area contributed by atoms with E-state index >= 15 is 0 Å². The van der Waals surface area contributed by atoms with Gasteiger partial charge in [-0.15, -0.1) is 0 Å². The molecule has 4 aliphatic rings. The molecule has 1 aromatic rings. The van der Waals surface area contributed by atoms with Crippen molar-refractivity contribution < 1.29 is 14.6 Å². The summed E-state index contributed by atoms with van der Waals surface area (Å²) in [4.78, 5) is 12.4. The molecule has 2 amide bonds. The molecule has 4 fully saturated rings. The fraction of sp³-hybridized carbons (Fsp3) is 0.579. The topological polar surface area (TPSA) is 83.0 Å². The molecule has 3 N–H and O–H groups in total. The Morgan fingerprint density at radius 1 is 1.27 bits per heavy atom. The maximum atomic E-state index is 12.4. The number of aromatic hydroxyl groups is 1. The van der Waals surface area contributed by atoms with Crippen molar-refractivity contribution in [3.63, 3.8) is 0 Å². The first-order valence-electron chi connectivity index (χ1n) is 9.14. The van der Waals surface area contributed by atoms with Crippen molar-refractivity contribution in [1.29, 1.82) is 0 Å². The first-order valence-corrected chi connectivity index (χ1v) is 10.2. The zero-order valence-electron chi connectivity index (χ0n) is 14.8. The van der Waals surface area contributed by atoms with Crippen molar-refractivity contribution in [3.05, 3.63) is 21.3 Å². The van der Waals surface area contributed by atoms with E-state index in [0.717, 1.165) is 42.6 Å². The van der Waals surface area contributed by atoms with Gasteiger partial charge in [0, 0.05) is 5.54 Å². The second-order valence-corrected chi connectivity index (χ2v) is 9.24. The van der Waals surface area contributed by atoms with Crippen LogP contribution in [0.4, 0.5) is 4.79 Å². The molecule has 0 aliphatic heterocycles. The van der Waals surface area contributed by atoms with E-state index in [4.69, 9.17) is 4.74 Å². The fourth-order valence-corrected chi connectivity index (χ4v) is 6.15. The standard InChI is InChI=1S/C19H24IN3O3/c1-26-16-6-14(5-15(20)17(16)24)10-21-23-18(25)22-19-7-11-2-12(8-19)4-13(3-11)9-19/h5-6,10-13,24H,2-4,7-9H2,1H3,(H2,22,23,25)/b21-10+. The number of nitrogens with one attached hydrogen (secondary N) is 2. The maximum Gasteiger partial charge on any atom is 0.335 e. The zero-order valence-corrected chi connectivity index (χ0v) is 17.0. The summed E-state index contributed by atoms with van der Waals surface area (Å²) in [6.45, 7) is 0. The van der Waals surface area contributed by atoms with E-state index in [1.165, 1.54) is 26.4 Å². The molecule has 4 aliphatic carbocycles. The van der Waals surface area contributed by atoms with Crippen molar-refractivity contribution in [2.75, 3.05) is 7.11 Å². The number of phenolic OH excluding ortho intramolecular Hbond substituents is 1. The predicted molar refractivity (Wildman–Crippen MR) is 108 cm³/mol. The van der Waals surface area contributed by atoms with Crippen LogP contribution < -0.4 is 15.5 Å². The SMILES string of the molecule is COc1cc(/C=N/NC(=O)NC23CC4CC(CC(C4)C2)C3)cc(I)c1O. The number of hydrogen-bond acceptors (Lipinski definition) is 4. The Morgan fingerprint density at radius 3 is 2.46 bits per heavy atom. The quantitative estimate of drug-likeness (QED) is 0.358. The van der Waals surface area contributed by atoms with Crippen LogP contribution in [-0.4, -0.2) is 30.0 Å². The predicted octanol–water partition coefficient (Wildman–Crippen LogP) is 3.61. The molecule has 7 heteroatoms. The second kappa shape index (κ2) is 6.90. The Hall–Kier alpha value is -1.51. The highest BCUT2D eigenvalue weighted by atomic mass is 127. The summed E-state index contributed by atoms with van der Waals surface area (Å²) in [5.41, 5.74) is 3.32. The monoisotopic (exact) mass is 469 g/mol. The molecule has 0 saturated heterocycles. The minimum atomic E-state index is -0.233. The summed E-state index contributed by atoms with van der Waals surface area (Å²) in [7, 11) is 1.50. The molecule has 0 radical (unpaired) electrons. The third-order valence-electron chi connectivity index (χ3n) is 6.07. The van der Waals surface area contributed by atoms with E-state index in [-0.39, 0.29) is 17.3 Å². The Balaban J connectivity index is 1.37. The molecule has 0 unspecified atom stereocenters. The van der Waals surface area contributed by atoms with Crippen molar-refractivity contribution in [3.8, 4) is 11.5 Å². The van der Waals surface area contributed by atoms with Crippen molar-refractivity contribution >= 4 is 34.8 Å². The number of urea groups is 1. The minimum Gasteiger partial charge on any atom is -0.504 e. The van der Waals surface area contributed by atoms with Crippen LogP contribution in [0.1, 0.15) is 44.1 Å². The molecule has 4 saturated carbocycles. The van der Waals surface area contributed by atoms with E-state index in [9.17, 15) is 9.90 Å². The number of methoxy groups -OCH3 is 1. The molecular weight excluding hydrogens is 445 g/mol. The summed E-state index contributed by atoms with van der Waals surface area (Å²) in [6, 6.07) is 3.23. The van der Waals surface area contributed by atoms with Crippen LogP contribution >= 0.6 is 22.6 Å². The number of carbonyl (C=O) groups is 1. The van der Waals surface area contributed by atoms with E-state index in [2.05, 4.69) is 15.8 Å². The number of phenols is 1. The van der Waals surface area contributed by atoms with Crippen LogP contribution in [0.15, 0.2) is 17.2 Å². The van der Waals surface area contributed by atoms with Crippen molar-refractivity contribution in [2.24, 2.45) is 22.9 Å². The summed E-state index contributed by atoms with van der Waals surface area (Å²) < 4.78 is 5.80. The van der Waals surface area contributed by atoms with E-state index < -0.39 is 0 Å². The number of carbonyl (C=O) groups excluding carboxylic acids is 1. The lowest BCUT2D eigenvalue weighted by Gasteiger charge is -2.56. The zero-order chi connectivity index (χ0) is 18.3. The van der Waals surface area contributed by atoms with Crippen LogP contribution in [0.2, 0.25) is 0 Å². The van der Waals surface area contributed by atoms with Gasteiger partial charge in [0.15, 0.2) is 11.5 Å². The van der Waals surface area contributed by atoms with Crippen LogP contribution in [0, 0.1) is 21.3 Å². The third kappa shape index (κ3) is 3.50. The molecule has 0 spiro atoms. The molecule has 0 aromatic heterocycles. The average Bonchev–Trinajstić information content (AvgIpc) is 2.56. The van der Waals surface area contributed by atoms with Crippen LogP contribution in [0.5, 0.6) is 11.5 Å². The average molecular weight is 469 g/mol. The summed E-state index contributed by atoms with van der Waals surface area (Å²) in [6.07, 6.45) is 8.95. The first kappa shape index (κ1) is 17.9. The number of benzene rings is 1. The van der Waals surface area contributed by atoms with Gasteiger partial charge in [-0.25, -0.2) is 10.2 Å². The third-order valence-corrected chi connectivity index (χ3v) is 6.89. The smallest absolute Gasteiger partial charge is 0.335 e. The molecule has 5 rings (SSSR count). The summed E-state index contributed by atoms with van der Waals surface area (Å²) >= 11 is 2.03. The van der Waals surface area contributed by atoms with Gasteiger partial charge in [0.1, 0.15) is 0 Å². The molecule has 0 heterocycles. The fourth-order valence-electron chi connectivity index (χ4n) is 5.52. The Morgan fingerprint density at radius 2 is 1.88 bits per heavy atom. The second-order valence-electron chi connectivity index (χ2n) is 8.08. The highest BCUT2D eigenvalue weighted by Gasteiger charge is 2.51. The number of nitrogens with zero attached hydrogens (tertiary/aromatic N) is 1. The van der Waals surface area contributed by atoms with Gasteiger partial charge < -0.3 is 15.2 Å². The van der Waals surface area contributed by atoms with E-state index in [0.29, 0.717) is 9.32 Å². The molecule has 6 nitrogen and oxygen atoms in total. The van der Waals surface area contributed by atoms with Gasteiger partial charge in [-0.3, -0.25) is 0 Å². The number of hydrazone groups is 1. The van der Waals surface area contributed by atoms with E-state index in [1.54, 1.807) is 18.3 Å². The minimum absolute atomic E-state index is 0.0223. The number of halogens is 1. The number of amides is 2. The van der Waals surface area contributed by atoms with E-state index in [1.807, 2.05) is 22.6 Å². The maximum absolute atomic E-state index is 12.4. The first-order chi connectivity index (χ1) is 12.5. The highest BCUT2D eigenvalue weighted by molar-refractivity contribution is 14.1. The van der Waals surface area contributed by atoms with Crippen molar-refractivity contribution in [2.45, 2.75) is 44.1 Å². The van der Waals surface area contributed by atoms with Gasteiger partial charge in [0.2, 0.25) is 0 Å². The van der Waals surface area contributed by atoms with Gasteiger partial charge in [-0.05, 0) is 96.6 Å². The number of rotatable bonds is 4. The normalized spacial score (nSPS) is 32.0. The molecular formula is C19H24IN3O3. The van der Waals surface area contributed by atoms with Gasteiger partial charge in [-0.2, -0.15) is 5.10 Å². The van der Waals surface area contributed by atoms with Gasteiger partial charge >= 0.3 is 6.03 Å². The van der Waals surface area contributed by atoms with Gasteiger partial charge in [-0.1, -0.05) is 0 Å². The molecule has 0 atom stereocenters. The number of hydrogen-bond donors (Lipinski definition) is 3.